The van der Waals surface area contributed by atoms with Crippen molar-refractivity contribution in [1.82, 2.24) is 10.2 Å². The van der Waals surface area contributed by atoms with Gasteiger partial charge in [0.25, 0.3) is 0 Å². The van der Waals surface area contributed by atoms with Crippen LogP contribution in [-0.2, 0) is 0 Å². The fraction of sp³-hybridized carbons (Fsp3) is 0.444. The van der Waals surface area contributed by atoms with Gasteiger partial charge in [-0.3, -0.25) is 0 Å². The van der Waals surface area contributed by atoms with Crippen LogP contribution in [0.25, 0.3) is 0 Å². The molecule has 1 saturated heterocycles. The van der Waals surface area contributed by atoms with Crippen LogP contribution in [0.15, 0.2) is 79.4 Å². The van der Waals surface area contributed by atoms with Crippen LogP contribution in [0.1, 0.15) is 65.4 Å². The second-order valence-electron chi connectivity index (χ2n) is 6.87. The molecule has 1 aromatic rings. The van der Waals surface area contributed by atoms with E-state index < -0.39 is 0 Å². The summed E-state index contributed by atoms with van der Waals surface area (Å²) in [5, 5.41) is 2.98. The number of rotatable bonds is 6. The molecular formula is C27H42N2O. The third-order valence-corrected chi connectivity index (χ3v) is 5.10. The SMILES string of the molecule is C.C=C/C=C\C(=C/C=C)C1CCC(c2ccccc2)CCCN1C(=O)NCC.CC. The van der Waals surface area contributed by atoms with Crippen molar-refractivity contribution >= 4 is 6.03 Å². The lowest BCUT2D eigenvalue weighted by Gasteiger charge is -2.36. The molecule has 0 radical (unpaired) electrons. The van der Waals surface area contributed by atoms with Crippen molar-refractivity contribution in [3.05, 3.63) is 85.0 Å². The summed E-state index contributed by atoms with van der Waals surface area (Å²) in [6.45, 7) is 15.0. The van der Waals surface area contributed by atoms with Gasteiger partial charge in [-0.1, -0.05) is 95.1 Å². The molecule has 30 heavy (non-hydrogen) atoms. The molecule has 0 bridgehead atoms. The molecular weight excluding hydrogens is 368 g/mol. The Bertz CT molecular complexity index is 675. The Morgan fingerprint density at radius 1 is 1.13 bits per heavy atom. The number of nitrogens with zero attached hydrogens (tertiary/aromatic N) is 1. The van der Waals surface area contributed by atoms with E-state index in [4.69, 9.17) is 0 Å². The lowest BCUT2D eigenvalue weighted by molar-refractivity contribution is 0.172. The molecule has 2 rings (SSSR count). The van der Waals surface area contributed by atoms with Crippen LogP contribution < -0.4 is 5.32 Å². The van der Waals surface area contributed by atoms with Crippen molar-refractivity contribution in [3.8, 4) is 0 Å². The summed E-state index contributed by atoms with van der Waals surface area (Å²) in [6.07, 6.45) is 13.6. The van der Waals surface area contributed by atoms with Crippen LogP contribution in [0.5, 0.6) is 0 Å². The molecule has 1 heterocycles. The third-order valence-electron chi connectivity index (χ3n) is 5.10. The Morgan fingerprint density at radius 3 is 2.43 bits per heavy atom. The molecule has 0 aromatic heterocycles. The first-order valence-corrected chi connectivity index (χ1v) is 10.9. The normalized spacial score (nSPS) is 19.4. The smallest absolute Gasteiger partial charge is 0.317 e. The molecule has 2 atom stereocenters. The second kappa shape index (κ2) is 16.3. The molecule has 1 fully saturated rings. The van der Waals surface area contributed by atoms with Crippen molar-refractivity contribution < 1.29 is 4.79 Å². The quantitative estimate of drug-likeness (QED) is 0.492. The number of allylic oxidation sites excluding steroid dienone is 4. The average Bonchev–Trinajstić information content (AvgIpc) is 2.74. The van der Waals surface area contributed by atoms with Crippen molar-refractivity contribution in [1.29, 1.82) is 0 Å². The highest BCUT2D eigenvalue weighted by Gasteiger charge is 2.28. The predicted octanol–water partition coefficient (Wildman–Crippen LogP) is 7.26. The summed E-state index contributed by atoms with van der Waals surface area (Å²) in [5.74, 6) is 0.540. The van der Waals surface area contributed by atoms with E-state index in [9.17, 15) is 4.79 Å². The zero-order valence-corrected chi connectivity index (χ0v) is 18.4. The Hall–Kier alpha value is -2.55. The molecule has 0 spiro atoms. The van der Waals surface area contributed by atoms with Crippen LogP contribution in [0, 0.1) is 0 Å². The van der Waals surface area contributed by atoms with Crippen molar-refractivity contribution in [2.45, 2.75) is 65.8 Å². The van der Waals surface area contributed by atoms with Gasteiger partial charge in [0.15, 0.2) is 0 Å². The third kappa shape index (κ3) is 8.44. The number of likely N-dealkylation sites (tertiary alicyclic amines) is 1. The zero-order valence-electron chi connectivity index (χ0n) is 18.4. The Kier molecular flexibility index (Phi) is 14.9. The zero-order chi connectivity index (χ0) is 21.5. The van der Waals surface area contributed by atoms with Crippen molar-refractivity contribution in [3.63, 3.8) is 0 Å². The van der Waals surface area contributed by atoms with E-state index in [2.05, 4.69) is 48.8 Å². The summed E-state index contributed by atoms with van der Waals surface area (Å²) in [4.78, 5) is 14.7. The highest BCUT2D eigenvalue weighted by Crippen LogP contribution is 2.32. The number of carbonyl (C=O) groups is 1. The van der Waals surface area contributed by atoms with Gasteiger partial charge >= 0.3 is 6.03 Å². The summed E-state index contributed by atoms with van der Waals surface area (Å²) in [5.41, 5.74) is 2.50. The lowest BCUT2D eigenvalue weighted by atomic mass is 9.85. The molecule has 2 unspecified atom stereocenters. The van der Waals surface area contributed by atoms with E-state index in [1.165, 1.54) is 5.56 Å². The summed E-state index contributed by atoms with van der Waals surface area (Å²) in [6, 6.07) is 10.8. The maximum absolute atomic E-state index is 12.7. The molecule has 2 amide bonds. The van der Waals surface area contributed by atoms with Crippen molar-refractivity contribution in [2.75, 3.05) is 13.1 Å². The van der Waals surface area contributed by atoms with Gasteiger partial charge in [-0.25, -0.2) is 4.79 Å². The van der Waals surface area contributed by atoms with Gasteiger partial charge in [-0.05, 0) is 49.7 Å². The number of amides is 2. The minimum Gasteiger partial charge on any atom is -0.338 e. The summed E-state index contributed by atoms with van der Waals surface area (Å²) < 4.78 is 0. The van der Waals surface area contributed by atoms with Crippen molar-refractivity contribution in [2.24, 2.45) is 0 Å². The molecule has 1 aromatic carbocycles. The first-order valence-electron chi connectivity index (χ1n) is 10.9. The molecule has 0 saturated carbocycles. The second-order valence-corrected chi connectivity index (χ2v) is 6.87. The number of urea groups is 1. The maximum Gasteiger partial charge on any atom is 0.317 e. The first kappa shape index (κ1) is 27.5. The number of carbonyl (C=O) groups excluding carboxylic acids is 1. The number of nitrogens with one attached hydrogen (secondary N) is 1. The molecule has 1 aliphatic heterocycles. The van der Waals surface area contributed by atoms with Gasteiger partial charge in [-0.2, -0.15) is 0 Å². The van der Waals surface area contributed by atoms with E-state index >= 15 is 0 Å². The van der Waals surface area contributed by atoms with Crippen LogP contribution in [0.2, 0.25) is 0 Å². The van der Waals surface area contributed by atoms with E-state index in [0.29, 0.717) is 12.5 Å². The molecule has 3 nitrogen and oxygen atoms in total. The van der Waals surface area contributed by atoms with Crippen LogP contribution in [-0.4, -0.2) is 30.1 Å². The van der Waals surface area contributed by atoms with E-state index in [-0.39, 0.29) is 19.5 Å². The summed E-state index contributed by atoms with van der Waals surface area (Å²) >= 11 is 0. The lowest BCUT2D eigenvalue weighted by Crippen LogP contribution is -2.48. The largest absolute Gasteiger partial charge is 0.338 e. The average molecular weight is 411 g/mol. The van der Waals surface area contributed by atoms with Gasteiger partial charge < -0.3 is 10.2 Å². The fourth-order valence-electron chi connectivity index (χ4n) is 3.82. The molecule has 1 aliphatic rings. The van der Waals surface area contributed by atoms with E-state index in [0.717, 1.165) is 37.8 Å². The molecule has 3 heteroatoms. The minimum absolute atomic E-state index is 0. The summed E-state index contributed by atoms with van der Waals surface area (Å²) in [7, 11) is 0. The van der Waals surface area contributed by atoms with Crippen LogP contribution in [0.3, 0.4) is 0 Å². The topological polar surface area (TPSA) is 32.3 Å². The Balaban J connectivity index is 0.00000272. The maximum atomic E-state index is 12.7. The number of hydrogen-bond donors (Lipinski definition) is 1. The van der Waals surface area contributed by atoms with Crippen LogP contribution >= 0.6 is 0 Å². The van der Waals surface area contributed by atoms with E-state index in [1.54, 1.807) is 12.2 Å². The standard InChI is InChI=1S/C24H32N2O.C2H6.CH4/c1-4-7-13-22(12-5-2)23-18-17-21(20-14-9-8-10-15-20)16-11-19-26(23)24(27)25-6-3;1-2;/h4-5,7-10,12-15,21,23H,1-2,6,11,16-19H2,3H3,(H,25,27);1-2H3;1H4/b13-7-,22-12+;;. The number of benzene rings is 1. The minimum atomic E-state index is 0. The van der Waals surface area contributed by atoms with Gasteiger partial charge in [0.2, 0.25) is 0 Å². The first-order chi connectivity index (χ1) is 14.2. The van der Waals surface area contributed by atoms with Gasteiger partial charge in [-0.15, -0.1) is 0 Å². The predicted molar refractivity (Wildman–Crippen MR) is 133 cm³/mol. The van der Waals surface area contributed by atoms with Gasteiger partial charge in [0, 0.05) is 13.1 Å². The van der Waals surface area contributed by atoms with Gasteiger partial charge in [0.1, 0.15) is 0 Å². The molecule has 1 N–H and O–H groups in total. The molecule has 166 valence electrons. The van der Waals surface area contributed by atoms with Crippen LogP contribution in [0.4, 0.5) is 4.79 Å². The molecule has 0 aliphatic carbocycles. The number of hydrogen-bond acceptors (Lipinski definition) is 1. The Morgan fingerprint density at radius 2 is 1.83 bits per heavy atom. The highest BCUT2D eigenvalue weighted by molar-refractivity contribution is 5.75. The van der Waals surface area contributed by atoms with Gasteiger partial charge in [0.05, 0.1) is 6.04 Å². The Labute approximate surface area is 185 Å². The monoisotopic (exact) mass is 410 g/mol. The highest BCUT2D eigenvalue weighted by atomic mass is 16.2. The van der Waals surface area contributed by atoms with E-state index in [1.807, 2.05) is 43.9 Å². The fourth-order valence-corrected chi connectivity index (χ4v) is 3.82.